The van der Waals surface area contributed by atoms with Crippen LogP contribution in [0.1, 0.15) is 37.7 Å². The van der Waals surface area contributed by atoms with Gasteiger partial charge in [0.25, 0.3) is 0 Å². The molecule has 1 saturated heterocycles. The topological polar surface area (TPSA) is 67.9 Å². The number of hydrogen-bond donors (Lipinski definition) is 1. The molecule has 2 fully saturated rings. The van der Waals surface area contributed by atoms with E-state index in [1.807, 2.05) is 23.1 Å². The molecule has 2 aliphatic rings. The third kappa shape index (κ3) is 4.93. The molecule has 0 spiro atoms. The van der Waals surface area contributed by atoms with Gasteiger partial charge in [-0.1, -0.05) is 18.9 Å². The van der Waals surface area contributed by atoms with E-state index < -0.39 is 0 Å². The van der Waals surface area contributed by atoms with E-state index >= 15 is 0 Å². The monoisotopic (exact) mass is 374 g/mol. The summed E-state index contributed by atoms with van der Waals surface area (Å²) in [6, 6.07) is 5.85. The molecule has 1 heterocycles. The van der Waals surface area contributed by atoms with Gasteiger partial charge < -0.3 is 19.7 Å². The molecule has 1 aliphatic carbocycles. The maximum absolute atomic E-state index is 12.3. The minimum atomic E-state index is 0.170. The number of methoxy groups -OCH3 is 2. The minimum Gasteiger partial charge on any atom is -0.493 e. The van der Waals surface area contributed by atoms with Gasteiger partial charge in [0.15, 0.2) is 11.5 Å². The van der Waals surface area contributed by atoms with E-state index in [9.17, 15) is 9.59 Å². The minimum absolute atomic E-state index is 0.170. The fourth-order valence-electron chi connectivity index (χ4n) is 4.08. The number of ether oxygens (including phenoxy) is 2. The van der Waals surface area contributed by atoms with Gasteiger partial charge in [0, 0.05) is 37.9 Å². The molecule has 1 saturated carbocycles. The van der Waals surface area contributed by atoms with Crippen molar-refractivity contribution in [2.75, 3.05) is 33.9 Å². The van der Waals surface area contributed by atoms with Crippen LogP contribution < -0.4 is 14.8 Å². The summed E-state index contributed by atoms with van der Waals surface area (Å²) in [6.07, 6.45) is 5.62. The van der Waals surface area contributed by atoms with Crippen molar-refractivity contribution in [2.24, 2.45) is 11.8 Å². The number of carbonyl (C=O) groups excluding carboxylic acids is 2. The summed E-state index contributed by atoms with van der Waals surface area (Å²) in [4.78, 5) is 26.4. The molecule has 0 radical (unpaired) electrons. The molecule has 1 unspecified atom stereocenters. The number of hydrogen-bond acceptors (Lipinski definition) is 4. The van der Waals surface area contributed by atoms with E-state index in [1.54, 1.807) is 14.2 Å². The van der Waals surface area contributed by atoms with Crippen LogP contribution in [-0.4, -0.2) is 50.6 Å². The zero-order valence-electron chi connectivity index (χ0n) is 16.3. The highest BCUT2D eigenvalue weighted by Gasteiger charge is 2.30. The van der Waals surface area contributed by atoms with Crippen LogP contribution in [0.2, 0.25) is 0 Å². The number of benzene rings is 1. The quantitative estimate of drug-likeness (QED) is 0.759. The van der Waals surface area contributed by atoms with Crippen LogP contribution in [0.4, 0.5) is 0 Å². The van der Waals surface area contributed by atoms with E-state index in [1.165, 1.54) is 0 Å². The Morgan fingerprint density at radius 3 is 2.63 bits per heavy atom. The average molecular weight is 374 g/mol. The van der Waals surface area contributed by atoms with Crippen molar-refractivity contribution in [3.63, 3.8) is 0 Å². The van der Waals surface area contributed by atoms with Crippen molar-refractivity contribution in [3.05, 3.63) is 23.8 Å². The van der Waals surface area contributed by atoms with Gasteiger partial charge in [-0.25, -0.2) is 0 Å². The SMILES string of the molecule is COc1ccc(CCN2CC(CNC(=O)C3CCCC3)CC2=O)cc1OC. The zero-order chi connectivity index (χ0) is 19.2. The average Bonchev–Trinajstić information content (AvgIpc) is 3.34. The Morgan fingerprint density at radius 1 is 1.19 bits per heavy atom. The zero-order valence-corrected chi connectivity index (χ0v) is 16.3. The van der Waals surface area contributed by atoms with Gasteiger partial charge >= 0.3 is 0 Å². The summed E-state index contributed by atoms with van der Waals surface area (Å²) in [6.45, 7) is 2.01. The Kier molecular flexibility index (Phi) is 6.58. The van der Waals surface area contributed by atoms with Crippen molar-refractivity contribution in [1.82, 2.24) is 10.2 Å². The Balaban J connectivity index is 1.46. The van der Waals surface area contributed by atoms with E-state index in [0.29, 0.717) is 31.0 Å². The molecule has 27 heavy (non-hydrogen) atoms. The van der Waals surface area contributed by atoms with Gasteiger partial charge in [-0.3, -0.25) is 9.59 Å². The molecular weight excluding hydrogens is 344 g/mol. The van der Waals surface area contributed by atoms with Crippen molar-refractivity contribution >= 4 is 11.8 Å². The highest BCUT2D eigenvalue weighted by molar-refractivity contribution is 5.80. The molecule has 3 rings (SSSR count). The molecule has 0 aromatic heterocycles. The van der Waals surface area contributed by atoms with Crippen molar-refractivity contribution in [2.45, 2.75) is 38.5 Å². The Bertz CT molecular complexity index is 670. The normalized spacial score (nSPS) is 20.1. The van der Waals surface area contributed by atoms with Gasteiger partial charge in [-0.2, -0.15) is 0 Å². The van der Waals surface area contributed by atoms with Crippen LogP contribution in [0.5, 0.6) is 11.5 Å². The Morgan fingerprint density at radius 2 is 1.93 bits per heavy atom. The molecule has 1 aromatic rings. The second-order valence-electron chi connectivity index (χ2n) is 7.58. The van der Waals surface area contributed by atoms with Crippen LogP contribution in [0.25, 0.3) is 0 Å². The molecule has 1 atom stereocenters. The Hall–Kier alpha value is -2.24. The number of rotatable bonds is 8. The van der Waals surface area contributed by atoms with Crippen molar-refractivity contribution in [1.29, 1.82) is 0 Å². The lowest BCUT2D eigenvalue weighted by Gasteiger charge is -2.18. The lowest BCUT2D eigenvalue weighted by Crippen LogP contribution is -2.34. The largest absolute Gasteiger partial charge is 0.493 e. The first-order valence-electron chi connectivity index (χ1n) is 9.87. The number of nitrogens with zero attached hydrogens (tertiary/aromatic N) is 1. The smallest absolute Gasteiger partial charge is 0.223 e. The van der Waals surface area contributed by atoms with Gasteiger partial charge in [-0.05, 0) is 37.0 Å². The summed E-state index contributed by atoms with van der Waals surface area (Å²) in [5, 5.41) is 3.06. The van der Waals surface area contributed by atoms with Crippen molar-refractivity contribution < 1.29 is 19.1 Å². The number of carbonyl (C=O) groups is 2. The summed E-state index contributed by atoms with van der Waals surface area (Å²) in [5.41, 5.74) is 1.11. The first-order chi connectivity index (χ1) is 13.1. The maximum atomic E-state index is 12.3. The van der Waals surface area contributed by atoms with Gasteiger partial charge in [0.2, 0.25) is 11.8 Å². The summed E-state index contributed by atoms with van der Waals surface area (Å²) in [7, 11) is 3.24. The summed E-state index contributed by atoms with van der Waals surface area (Å²) < 4.78 is 10.6. The molecule has 6 nitrogen and oxygen atoms in total. The van der Waals surface area contributed by atoms with Crippen LogP contribution in [-0.2, 0) is 16.0 Å². The van der Waals surface area contributed by atoms with E-state index in [-0.39, 0.29) is 23.7 Å². The number of amides is 2. The van der Waals surface area contributed by atoms with Gasteiger partial charge in [0.05, 0.1) is 14.2 Å². The highest BCUT2D eigenvalue weighted by atomic mass is 16.5. The molecular formula is C21H30N2O4. The van der Waals surface area contributed by atoms with E-state index in [2.05, 4.69) is 5.32 Å². The molecule has 1 aromatic carbocycles. The molecule has 1 N–H and O–H groups in total. The summed E-state index contributed by atoms with van der Waals surface area (Å²) >= 11 is 0. The van der Waals surface area contributed by atoms with Crippen LogP contribution in [0.15, 0.2) is 18.2 Å². The maximum Gasteiger partial charge on any atom is 0.223 e. The first kappa shape index (κ1) is 19.5. The van der Waals surface area contributed by atoms with Crippen LogP contribution in [0.3, 0.4) is 0 Å². The fraction of sp³-hybridized carbons (Fsp3) is 0.619. The third-order valence-electron chi connectivity index (χ3n) is 5.70. The third-order valence-corrected chi connectivity index (χ3v) is 5.70. The second-order valence-corrected chi connectivity index (χ2v) is 7.58. The highest BCUT2D eigenvalue weighted by Crippen LogP contribution is 2.28. The molecule has 2 amide bonds. The Labute approximate surface area is 161 Å². The summed E-state index contributed by atoms with van der Waals surface area (Å²) in [5.74, 6) is 2.16. The van der Waals surface area contributed by atoms with Gasteiger partial charge in [-0.15, -0.1) is 0 Å². The second kappa shape index (κ2) is 9.11. The number of likely N-dealkylation sites (tertiary alicyclic amines) is 1. The predicted octanol–water partition coefficient (Wildman–Crippen LogP) is 2.40. The molecule has 0 bridgehead atoms. The molecule has 148 valence electrons. The standard InChI is InChI=1S/C21H30N2O4/c1-26-18-8-7-15(11-19(18)27-2)9-10-23-14-16(12-20(23)24)13-22-21(25)17-5-3-4-6-17/h7-8,11,16-17H,3-6,9-10,12-14H2,1-2H3,(H,22,25). The van der Waals surface area contributed by atoms with E-state index in [0.717, 1.165) is 44.2 Å². The lowest BCUT2D eigenvalue weighted by atomic mass is 10.1. The molecule has 1 aliphatic heterocycles. The first-order valence-corrected chi connectivity index (χ1v) is 9.87. The fourth-order valence-corrected chi connectivity index (χ4v) is 4.08. The molecule has 6 heteroatoms. The van der Waals surface area contributed by atoms with Crippen molar-refractivity contribution in [3.8, 4) is 11.5 Å². The predicted molar refractivity (Wildman–Crippen MR) is 103 cm³/mol. The number of nitrogens with one attached hydrogen (secondary N) is 1. The van der Waals surface area contributed by atoms with E-state index in [4.69, 9.17) is 9.47 Å². The van der Waals surface area contributed by atoms with Gasteiger partial charge in [0.1, 0.15) is 0 Å². The van der Waals surface area contributed by atoms with Crippen LogP contribution >= 0.6 is 0 Å². The van der Waals surface area contributed by atoms with Crippen LogP contribution in [0, 0.1) is 11.8 Å². The lowest BCUT2D eigenvalue weighted by molar-refractivity contribution is -0.128.